The van der Waals surface area contributed by atoms with Crippen molar-refractivity contribution in [3.8, 4) is 0 Å². The summed E-state index contributed by atoms with van der Waals surface area (Å²) in [5.74, 6) is -0.314. The van der Waals surface area contributed by atoms with E-state index in [1.165, 1.54) is 6.07 Å². The van der Waals surface area contributed by atoms with Gasteiger partial charge >= 0.3 is 0 Å². The molecule has 0 bridgehead atoms. The number of rotatable bonds is 2. The molecule has 3 rings (SSSR count). The molecule has 22 heavy (non-hydrogen) atoms. The number of aliphatic hydroxyl groups is 1. The van der Waals surface area contributed by atoms with E-state index >= 15 is 0 Å². The number of benzene rings is 1. The van der Waals surface area contributed by atoms with E-state index in [0.717, 1.165) is 32.4 Å². The molecule has 1 amide bonds. The molecule has 2 atom stereocenters. The molecule has 0 radical (unpaired) electrons. The standard InChI is InChI=1S/C17H23FN2O2/c1-12-11-13(5-6-14(12)18)17(22)20-9-7-19(8-10-20)15-3-2-4-16(15)21/h5-6,11,15-16,21H,2-4,7-10H2,1H3/t15-,16+/m0/s1. The van der Waals surface area contributed by atoms with Crippen LogP contribution in [0.4, 0.5) is 4.39 Å². The SMILES string of the molecule is Cc1cc(C(=O)N2CCN([C@H]3CCC[C@H]3O)CC2)ccc1F. The molecule has 1 heterocycles. The minimum absolute atomic E-state index is 0.0327. The summed E-state index contributed by atoms with van der Waals surface area (Å²) in [7, 11) is 0. The van der Waals surface area contributed by atoms with Crippen LogP contribution in [0.25, 0.3) is 0 Å². The van der Waals surface area contributed by atoms with E-state index in [1.807, 2.05) is 4.90 Å². The summed E-state index contributed by atoms with van der Waals surface area (Å²) in [6.07, 6.45) is 2.80. The van der Waals surface area contributed by atoms with Crippen molar-refractivity contribution in [2.24, 2.45) is 0 Å². The lowest BCUT2D eigenvalue weighted by Gasteiger charge is -2.39. The molecular weight excluding hydrogens is 283 g/mol. The van der Waals surface area contributed by atoms with Crippen molar-refractivity contribution in [3.05, 3.63) is 35.1 Å². The molecule has 4 nitrogen and oxygen atoms in total. The van der Waals surface area contributed by atoms with Gasteiger partial charge in [0, 0.05) is 37.8 Å². The first-order valence-corrected chi connectivity index (χ1v) is 8.04. The first kappa shape index (κ1) is 15.4. The van der Waals surface area contributed by atoms with Gasteiger partial charge in [-0.25, -0.2) is 4.39 Å². The molecule has 1 aromatic carbocycles. The van der Waals surface area contributed by atoms with Gasteiger partial charge in [0.15, 0.2) is 0 Å². The Labute approximate surface area is 130 Å². The number of aliphatic hydroxyl groups excluding tert-OH is 1. The van der Waals surface area contributed by atoms with Gasteiger partial charge in [-0.15, -0.1) is 0 Å². The summed E-state index contributed by atoms with van der Waals surface area (Å²) in [4.78, 5) is 16.6. The lowest BCUT2D eigenvalue weighted by molar-refractivity contribution is 0.0315. The maximum absolute atomic E-state index is 13.3. The van der Waals surface area contributed by atoms with Gasteiger partial charge in [0.2, 0.25) is 0 Å². The van der Waals surface area contributed by atoms with Crippen LogP contribution in [-0.4, -0.2) is 59.1 Å². The second kappa shape index (κ2) is 6.34. The molecule has 1 aliphatic carbocycles. The van der Waals surface area contributed by atoms with Gasteiger partial charge in [-0.2, -0.15) is 0 Å². The third-order valence-corrected chi connectivity index (χ3v) is 4.92. The predicted molar refractivity (Wildman–Crippen MR) is 82.3 cm³/mol. The van der Waals surface area contributed by atoms with Gasteiger partial charge in [-0.1, -0.05) is 0 Å². The van der Waals surface area contributed by atoms with Crippen LogP contribution in [0.5, 0.6) is 0 Å². The van der Waals surface area contributed by atoms with Gasteiger partial charge in [-0.05, 0) is 49.9 Å². The Kier molecular flexibility index (Phi) is 4.45. The highest BCUT2D eigenvalue weighted by Crippen LogP contribution is 2.25. The minimum atomic E-state index is -0.281. The molecule has 1 N–H and O–H groups in total. The van der Waals surface area contributed by atoms with E-state index in [4.69, 9.17) is 0 Å². The van der Waals surface area contributed by atoms with Crippen molar-refractivity contribution < 1.29 is 14.3 Å². The topological polar surface area (TPSA) is 43.8 Å². The second-order valence-corrected chi connectivity index (χ2v) is 6.36. The Bertz CT molecular complexity index is 556. The number of carbonyl (C=O) groups is 1. The first-order valence-electron chi connectivity index (χ1n) is 8.04. The summed E-state index contributed by atoms with van der Waals surface area (Å²) < 4.78 is 13.3. The van der Waals surface area contributed by atoms with Gasteiger partial charge in [-0.3, -0.25) is 9.69 Å². The van der Waals surface area contributed by atoms with E-state index in [0.29, 0.717) is 24.2 Å². The quantitative estimate of drug-likeness (QED) is 0.906. The molecule has 1 saturated heterocycles. The summed E-state index contributed by atoms with van der Waals surface area (Å²) in [6, 6.07) is 4.78. The van der Waals surface area contributed by atoms with Crippen LogP contribution in [0, 0.1) is 12.7 Å². The van der Waals surface area contributed by atoms with Crippen LogP contribution in [0.15, 0.2) is 18.2 Å². The third kappa shape index (κ3) is 3.01. The molecule has 2 fully saturated rings. The Balaban J connectivity index is 1.61. The Hall–Kier alpha value is -1.46. The highest BCUT2D eigenvalue weighted by atomic mass is 19.1. The van der Waals surface area contributed by atoms with Crippen molar-refractivity contribution in [2.75, 3.05) is 26.2 Å². The number of amides is 1. The van der Waals surface area contributed by atoms with Crippen molar-refractivity contribution in [1.29, 1.82) is 0 Å². The Morgan fingerprint density at radius 1 is 1.23 bits per heavy atom. The van der Waals surface area contributed by atoms with Gasteiger partial charge < -0.3 is 10.0 Å². The van der Waals surface area contributed by atoms with Crippen LogP contribution in [0.1, 0.15) is 35.2 Å². The minimum Gasteiger partial charge on any atom is -0.391 e. The maximum Gasteiger partial charge on any atom is 0.253 e. The summed E-state index contributed by atoms with van der Waals surface area (Å²) in [5, 5.41) is 9.99. The van der Waals surface area contributed by atoms with Gasteiger partial charge in [0.05, 0.1) is 6.10 Å². The number of carbonyl (C=O) groups excluding carboxylic acids is 1. The number of halogens is 1. The first-order chi connectivity index (χ1) is 10.6. The van der Waals surface area contributed by atoms with Gasteiger partial charge in [0.1, 0.15) is 5.82 Å². The molecule has 1 saturated carbocycles. The Morgan fingerprint density at radius 3 is 2.55 bits per heavy atom. The average molecular weight is 306 g/mol. The van der Waals surface area contributed by atoms with Gasteiger partial charge in [0.25, 0.3) is 5.91 Å². The zero-order valence-corrected chi connectivity index (χ0v) is 13.0. The third-order valence-electron chi connectivity index (χ3n) is 4.92. The fourth-order valence-corrected chi connectivity index (χ4v) is 3.56. The molecule has 0 spiro atoms. The van der Waals surface area contributed by atoms with Crippen LogP contribution < -0.4 is 0 Å². The summed E-state index contributed by atoms with van der Waals surface area (Å²) >= 11 is 0. The average Bonchev–Trinajstić information content (AvgIpc) is 2.95. The fourth-order valence-electron chi connectivity index (χ4n) is 3.56. The zero-order valence-electron chi connectivity index (χ0n) is 13.0. The van der Waals surface area contributed by atoms with E-state index < -0.39 is 0 Å². The maximum atomic E-state index is 13.3. The van der Waals surface area contributed by atoms with E-state index in [-0.39, 0.29) is 23.9 Å². The molecule has 2 aliphatic rings. The monoisotopic (exact) mass is 306 g/mol. The van der Waals surface area contributed by atoms with E-state index in [1.54, 1.807) is 19.1 Å². The number of aryl methyl sites for hydroxylation is 1. The second-order valence-electron chi connectivity index (χ2n) is 6.36. The number of nitrogens with zero attached hydrogens (tertiary/aromatic N) is 2. The van der Waals surface area contributed by atoms with Crippen LogP contribution in [-0.2, 0) is 0 Å². The smallest absolute Gasteiger partial charge is 0.253 e. The molecule has 1 aliphatic heterocycles. The van der Waals surface area contributed by atoms with E-state index in [9.17, 15) is 14.3 Å². The number of piperazine rings is 1. The molecule has 1 aromatic rings. The Morgan fingerprint density at radius 2 is 1.95 bits per heavy atom. The van der Waals surface area contributed by atoms with Crippen LogP contribution in [0.2, 0.25) is 0 Å². The summed E-state index contributed by atoms with van der Waals surface area (Å²) in [5.41, 5.74) is 1.05. The summed E-state index contributed by atoms with van der Waals surface area (Å²) in [6.45, 7) is 4.60. The highest BCUT2D eigenvalue weighted by molar-refractivity contribution is 5.94. The lowest BCUT2D eigenvalue weighted by Crippen LogP contribution is -2.53. The normalized spacial score (nSPS) is 26.4. The van der Waals surface area contributed by atoms with Crippen LogP contribution >= 0.6 is 0 Å². The predicted octanol–water partition coefficient (Wildman–Crippen LogP) is 1.81. The van der Waals surface area contributed by atoms with Crippen molar-refractivity contribution in [3.63, 3.8) is 0 Å². The van der Waals surface area contributed by atoms with Crippen molar-refractivity contribution >= 4 is 5.91 Å². The zero-order chi connectivity index (χ0) is 15.7. The molecule has 0 aromatic heterocycles. The van der Waals surface area contributed by atoms with E-state index in [2.05, 4.69) is 4.90 Å². The lowest BCUT2D eigenvalue weighted by atomic mass is 10.1. The van der Waals surface area contributed by atoms with Crippen molar-refractivity contribution in [1.82, 2.24) is 9.80 Å². The molecule has 5 heteroatoms. The highest BCUT2D eigenvalue weighted by Gasteiger charge is 2.33. The number of hydrogen-bond donors (Lipinski definition) is 1. The fraction of sp³-hybridized carbons (Fsp3) is 0.588. The number of hydrogen-bond acceptors (Lipinski definition) is 3. The molecular formula is C17H23FN2O2. The molecule has 0 unspecified atom stereocenters. The largest absolute Gasteiger partial charge is 0.391 e. The molecule has 120 valence electrons. The van der Waals surface area contributed by atoms with Crippen LogP contribution in [0.3, 0.4) is 0 Å². The van der Waals surface area contributed by atoms with Crippen molar-refractivity contribution in [2.45, 2.75) is 38.3 Å².